The number of fused-ring (bicyclic) bond motifs is 1. The van der Waals surface area contributed by atoms with Crippen molar-refractivity contribution in [1.82, 2.24) is 0 Å². The van der Waals surface area contributed by atoms with Crippen molar-refractivity contribution in [3.63, 3.8) is 0 Å². The van der Waals surface area contributed by atoms with E-state index in [1.807, 2.05) is 6.92 Å². The quantitative estimate of drug-likeness (QED) is 0.701. The van der Waals surface area contributed by atoms with Gasteiger partial charge in [0.25, 0.3) is 0 Å². The lowest BCUT2D eigenvalue weighted by atomic mass is 9.63. The molecule has 2 rings (SSSR count). The van der Waals surface area contributed by atoms with Crippen molar-refractivity contribution in [2.45, 2.75) is 97.1 Å². The first-order valence-electron chi connectivity index (χ1n) is 9.28. The Balaban J connectivity index is 2.16. The van der Waals surface area contributed by atoms with Crippen LogP contribution in [0.25, 0.3) is 0 Å². The smallest absolute Gasteiger partial charge is 0.192 e. The zero-order chi connectivity index (χ0) is 15.7. The number of hydrogen-bond acceptors (Lipinski definition) is 2. The summed E-state index contributed by atoms with van der Waals surface area (Å²) >= 11 is 0. The third-order valence-corrected chi connectivity index (χ3v) is 11.7. The lowest BCUT2D eigenvalue weighted by Crippen LogP contribution is -2.49. The van der Waals surface area contributed by atoms with E-state index in [1.165, 1.54) is 50.2 Å². The van der Waals surface area contributed by atoms with Crippen LogP contribution in [-0.4, -0.2) is 25.6 Å². The second kappa shape index (κ2) is 6.72. The molecule has 0 spiro atoms. The molecule has 0 bridgehead atoms. The second-order valence-corrected chi connectivity index (χ2v) is 12.6. The normalized spacial score (nSPS) is 38.3. The van der Waals surface area contributed by atoms with E-state index in [0.717, 1.165) is 0 Å². The van der Waals surface area contributed by atoms with Gasteiger partial charge in [-0.2, -0.15) is 0 Å². The fourth-order valence-corrected chi connectivity index (χ4v) is 8.34. The van der Waals surface area contributed by atoms with Crippen LogP contribution in [0.2, 0.25) is 18.1 Å². The Bertz CT molecular complexity index is 332. The largest absolute Gasteiger partial charge is 0.414 e. The second-order valence-electron chi connectivity index (χ2n) is 7.83. The van der Waals surface area contributed by atoms with Crippen LogP contribution < -0.4 is 0 Å². The predicted molar refractivity (Wildman–Crippen MR) is 91.9 cm³/mol. The molecule has 1 N–H and O–H groups in total. The van der Waals surface area contributed by atoms with Crippen LogP contribution >= 0.6 is 0 Å². The molecule has 3 heteroatoms. The van der Waals surface area contributed by atoms with Crippen LogP contribution in [0, 0.1) is 17.3 Å². The summed E-state index contributed by atoms with van der Waals surface area (Å²) in [6.45, 7) is 11.4. The molecule has 0 aromatic heterocycles. The molecule has 0 aliphatic heterocycles. The lowest BCUT2D eigenvalue weighted by Gasteiger charge is -2.48. The number of aliphatic hydroxyl groups excluding tert-OH is 1. The number of rotatable bonds is 6. The molecule has 21 heavy (non-hydrogen) atoms. The number of aliphatic hydroxyl groups is 1. The van der Waals surface area contributed by atoms with Gasteiger partial charge >= 0.3 is 0 Å². The third-order valence-electron chi connectivity index (χ3n) is 7.05. The zero-order valence-electron chi connectivity index (χ0n) is 14.8. The van der Waals surface area contributed by atoms with Crippen molar-refractivity contribution in [3.05, 3.63) is 0 Å². The molecule has 2 saturated carbocycles. The van der Waals surface area contributed by atoms with Crippen LogP contribution in [0.4, 0.5) is 0 Å². The van der Waals surface area contributed by atoms with Gasteiger partial charge in [0.05, 0.1) is 6.10 Å². The molecule has 0 aromatic rings. The standard InChI is InChI=1S/C18H36O2Si/c1-6-21(7-2,8-3)20-17-10-9-13-18(5)15(14(4)19)11-12-16(17)18/h14-17,19H,6-13H2,1-5H3/t14-,15-,16+,17+,18-/m1/s1. The van der Waals surface area contributed by atoms with Gasteiger partial charge in [-0.25, -0.2) is 0 Å². The van der Waals surface area contributed by atoms with Crippen LogP contribution in [0.15, 0.2) is 0 Å². The molecule has 0 radical (unpaired) electrons. The van der Waals surface area contributed by atoms with Gasteiger partial charge in [-0.1, -0.05) is 34.1 Å². The van der Waals surface area contributed by atoms with Gasteiger partial charge in [0.15, 0.2) is 8.32 Å². The highest BCUT2D eigenvalue weighted by atomic mass is 28.4. The zero-order valence-corrected chi connectivity index (χ0v) is 15.8. The Morgan fingerprint density at radius 3 is 2.29 bits per heavy atom. The van der Waals surface area contributed by atoms with E-state index in [4.69, 9.17) is 4.43 Å². The van der Waals surface area contributed by atoms with Crippen LogP contribution in [-0.2, 0) is 4.43 Å². The van der Waals surface area contributed by atoms with Crippen molar-refractivity contribution >= 4 is 8.32 Å². The van der Waals surface area contributed by atoms with Crippen molar-refractivity contribution in [2.24, 2.45) is 17.3 Å². The molecule has 0 aromatic carbocycles. The van der Waals surface area contributed by atoms with Gasteiger partial charge in [-0.3, -0.25) is 0 Å². The van der Waals surface area contributed by atoms with E-state index < -0.39 is 8.32 Å². The minimum atomic E-state index is -1.51. The van der Waals surface area contributed by atoms with Gasteiger partial charge in [0.2, 0.25) is 0 Å². The van der Waals surface area contributed by atoms with E-state index in [0.29, 0.717) is 23.4 Å². The van der Waals surface area contributed by atoms with Gasteiger partial charge in [0.1, 0.15) is 0 Å². The SMILES string of the molecule is CC[Si](CC)(CC)O[C@H]1CCC[C@]2(C)[C@@H]([C@@H](C)O)CC[C@@H]12. The Morgan fingerprint density at radius 1 is 1.14 bits per heavy atom. The molecule has 2 nitrogen and oxygen atoms in total. The first-order valence-corrected chi connectivity index (χ1v) is 11.8. The molecule has 0 heterocycles. The monoisotopic (exact) mass is 312 g/mol. The minimum absolute atomic E-state index is 0.163. The summed E-state index contributed by atoms with van der Waals surface area (Å²) < 4.78 is 6.89. The van der Waals surface area contributed by atoms with Gasteiger partial charge < -0.3 is 9.53 Å². The summed E-state index contributed by atoms with van der Waals surface area (Å²) in [6.07, 6.45) is 6.58. The summed E-state index contributed by atoms with van der Waals surface area (Å²) in [7, 11) is -1.51. The maximum Gasteiger partial charge on any atom is 0.192 e. The fraction of sp³-hybridized carbons (Fsp3) is 1.00. The summed E-state index contributed by atoms with van der Waals surface area (Å²) in [5, 5.41) is 10.2. The average Bonchev–Trinajstić information content (AvgIpc) is 2.83. The van der Waals surface area contributed by atoms with E-state index >= 15 is 0 Å². The minimum Gasteiger partial charge on any atom is -0.414 e. The third kappa shape index (κ3) is 3.11. The van der Waals surface area contributed by atoms with Crippen molar-refractivity contribution in [1.29, 1.82) is 0 Å². The molecule has 0 saturated heterocycles. The van der Waals surface area contributed by atoms with Gasteiger partial charge in [0, 0.05) is 6.10 Å². The topological polar surface area (TPSA) is 29.5 Å². The summed E-state index contributed by atoms with van der Waals surface area (Å²) in [6, 6.07) is 3.75. The first kappa shape index (κ1) is 17.5. The van der Waals surface area contributed by atoms with Gasteiger partial charge in [-0.15, -0.1) is 0 Å². The van der Waals surface area contributed by atoms with E-state index in [9.17, 15) is 5.11 Å². The van der Waals surface area contributed by atoms with Crippen LogP contribution in [0.3, 0.4) is 0 Å². The maximum absolute atomic E-state index is 10.2. The molecule has 2 aliphatic rings. The highest BCUT2D eigenvalue weighted by Gasteiger charge is 2.53. The Kier molecular flexibility index (Phi) is 5.59. The number of hydrogen-bond donors (Lipinski definition) is 1. The molecule has 2 fully saturated rings. The lowest BCUT2D eigenvalue weighted by molar-refractivity contribution is -0.0377. The molecule has 5 atom stereocenters. The summed E-state index contributed by atoms with van der Waals surface area (Å²) in [5.74, 6) is 1.16. The summed E-state index contributed by atoms with van der Waals surface area (Å²) in [4.78, 5) is 0. The molecular weight excluding hydrogens is 276 g/mol. The Morgan fingerprint density at radius 2 is 1.76 bits per heavy atom. The highest BCUT2D eigenvalue weighted by molar-refractivity contribution is 6.73. The molecule has 0 amide bonds. The van der Waals surface area contributed by atoms with Crippen molar-refractivity contribution < 1.29 is 9.53 Å². The van der Waals surface area contributed by atoms with Crippen LogP contribution in [0.5, 0.6) is 0 Å². The van der Waals surface area contributed by atoms with Crippen molar-refractivity contribution in [2.75, 3.05) is 0 Å². The average molecular weight is 313 g/mol. The molecule has 124 valence electrons. The summed E-state index contributed by atoms with van der Waals surface area (Å²) in [5.41, 5.74) is 0.312. The van der Waals surface area contributed by atoms with Gasteiger partial charge in [-0.05, 0) is 68.0 Å². The van der Waals surface area contributed by atoms with Crippen LogP contribution in [0.1, 0.15) is 66.7 Å². The first-order chi connectivity index (χ1) is 9.92. The molecule has 2 aliphatic carbocycles. The Labute approximate surface area is 132 Å². The van der Waals surface area contributed by atoms with E-state index in [1.54, 1.807) is 0 Å². The highest BCUT2D eigenvalue weighted by Crippen LogP contribution is 2.57. The van der Waals surface area contributed by atoms with Crippen molar-refractivity contribution in [3.8, 4) is 0 Å². The fourth-order valence-electron chi connectivity index (χ4n) is 5.41. The Hall–Kier alpha value is 0.137. The maximum atomic E-state index is 10.2. The molecular formula is C18H36O2Si. The predicted octanol–water partition coefficient (Wildman–Crippen LogP) is 4.97. The molecule has 0 unspecified atom stereocenters. The van der Waals surface area contributed by atoms with E-state index in [-0.39, 0.29) is 6.10 Å². The van der Waals surface area contributed by atoms with E-state index in [2.05, 4.69) is 27.7 Å².